The summed E-state index contributed by atoms with van der Waals surface area (Å²) in [4.78, 5) is 2.47. The Bertz CT molecular complexity index is 86.9. The largest absolute Gasteiger partial charge is 0.300 e. The van der Waals surface area contributed by atoms with E-state index in [0.717, 1.165) is 17.7 Å². The standard InChI is InChI=1S/C7H15NS/c1-6(2)8-3-7(4-8)5-9/h6-7,9H,3-5H2,1-2H3. The molecule has 0 unspecified atom stereocenters. The molecule has 0 radical (unpaired) electrons. The van der Waals surface area contributed by atoms with Gasteiger partial charge in [-0.1, -0.05) is 0 Å². The average Bonchev–Trinajstić information content (AvgIpc) is 1.61. The summed E-state index contributed by atoms with van der Waals surface area (Å²) in [5.74, 6) is 1.93. The number of hydrogen-bond acceptors (Lipinski definition) is 2. The van der Waals surface area contributed by atoms with E-state index >= 15 is 0 Å². The Kier molecular flexibility index (Phi) is 2.42. The lowest BCUT2D eigenvalue weighted by Crippen LogP contribution is -2.50. The summed E-state index contributed by atoms with van der Waals surface area (Å²) in [6.45, 7) is 7.02. The molecule has 0 aliphatic carbocycles. The number of hydrogen-bond donors (Lipinski definition) is 1. The van der Waals surface area contributed by atoms with Gasteiger partial charge in [-0.25, -0.2) is 0 Å². The van der Waals surface area contributed by atoms with Crippen molar-refractivity contribution >= 4 is 12.6 Å². The van der Waals surface area contributed by atoms with Crippen molar-refractivity contribution in [2.45, 2.75) is 19.9 Å². The van der Waals surface area contributed by atoms with Crippen molar-refractivity contribution < 1.29 is 0 Å². The molecule has 0 atom stereocenters. The maximum Gasteiger partial charge on any atom is 0.00388 e. The minimum absolute atomic E-state index is 0.737. The maximum absolute atomic E-state index is 4.23. The van der Waals surface area contributed by atoms with Crippen molar-refractivity contribution in [3.05, 3.63) is 0 Å². The molecule has 0 saturated carbocycles. The van der Waals surface area contributed by atoms with Gasteiger partial charge in [0.15, 0.2) is 0 Å². The predicted octanol–water partition coefficient (Wildman–Crippen LogP) is 1.26. The van der Waals surface area contributed by atoms with Gasteiger partial charge in [-0.05, 0) is 25.5 Å². The average molecular weight is 145 g/mol. The third-order valence-corrected chi connectivity index (χ3v) is 2.49. The first-order chi connectivity index (χ1) is 4.24. The molecule has 1 aliphatic rings. The topological polar surface area (TPSA) is 3.24 Å². The van der Waals surface area contributed by atoms with Gasteiger partial charge in [0.1, 0.15) is 0 Å². The van der Waals surface area contributed by atoms with Crippen LogP contribution >= 0.6 is 12.6 Å². The molecule has 0 amide bonds. The van der Waals surface area contributed by atoms with Gasteiger partial charge in [0.25, 0.3) is 0 Å². The van der Waals surface area contributed by atoms with Crippen molar-refractivity contribution in [1.82, 2.24) is 4.90 Å². The number of likely N-dealkylation sites (tertiary alicyclic amines) is 1. The molecule has 0 spiro atoms. The van der Waals surface area contributed by atoms with E-state index in [0.29, 0.717) is 0 Å². The number of thiol groups is 1. The van der Waals surface area contributed by atoms with Crippen LogP contribution in [-0.4, -0.2) is 29.8 Å². The van der Waals surface area contributed by atoms with Crippen molar-refractivity contribution in [3.63, 3.8) is 0 Å². The fourth-order valence-electron chi connectivity index (χ4n) is 1.15. The minimum Gasteiger partial charge on any atom is -0.300 e. The summed E-state index contributed by atoms with van der Waals surface area (Å²) in [5.41, 5.74) is 0. The van der Waals surface area contributed by atoms with E-state index in [2.05, 4.69) is 31.4 Å². The lowest BCUT2D eigenvalue weighted by Gasteiger charge is -2.41. The minimum atomic E-state index is 0.737. The summed E-state index contributed by atoms with van der Waals surface area (Å²) in [6, 6.07) is 0.737. The van der Waals surface area contributed by atoms with Crippen LogP contribution in [0.3, 0.4) is 0 Å². The van der Waals surface area contributed by atoms with E-state index in [-0.39, 0.29) is 0 Å². The zero-order valence-corrected chi connectivity index (χ0v) is 7.06. The second kappa shape index (κ2) is 2.93. The number of nitrogens with zero attached hydrogens (tertiary/aromatic N) is 1. The molecule has 1 aliphatic heterocycles. The first-order valence-electron chi connectivity index (χ1n) is 3.59. The fraction of sp³-hybridized carbons (Fsp3) is 1.00. The second-order valence-corrected chi connectivity index (χ2v) is 3.46. The van der Waals surface area contributed by atoms with Gasteiger partial charge >= 0.3 is 0 Å². The summed E-state index contributed by atoms with van der Waals surface area (Å²) in [7, 11) is 0. The molecule has 1 saturated heterocycles. The van der Waals surface area contributed by atoms with Crippen LogP contribution in [0, 0.1) is 5.92 Å². The van der Waals surface area contributed by atoms with Crippen LogP contribution in [-0.2, 0) is 0 Å². The normalized spacial score (nSPS) is 22.7. The molecule has 1 nitrogen and oxygen atoms in total. The Morgan fingerprint density at radius 3 is 2.44 bits per heavy atom. The summed E-state index contributed by atoms with van der Waals surface area (Å²) >= 11 is 4.23. The Hall–Kier alpha value is 0.310. The van der Waals surface area contributed by atoms with E-state index in [4.69, 9.17) is 0 Å². The van der Waals surface area contributed by atoms with Crippen molar-refractivity contribution in [2.75, 3.05) is 18.8 Å². The van der Waals surface area contributed by atoms with Gasteiger partial charge < -0.3 is 4.90 Å². The first kappa shape index (κ1) is 7.42. The zero-order chi connectivity index (χ0) is 6.85. The molecule has 1 rings (SSSR count). The van der Waals surface area contributed by atoms with Crippen LogP contribution in [0.5, 0.6) is 0 Å². The lowest BCUT2D eigenvalue weighted by atomic mass is 10.0. The van der Waals surface area contributed by atoms with Gasteiger partial charge in [-0.15, -0.1) is 0 Å². The predicted molar refractivity (Wildman–Crippen MR) is 44.1 cm³/mol. The molecule has 2 heteroatoms. The maximum atomic E-state index is 4.23. The molecule has 1 fully saturated rings. The van der Waals surface area contributed by atoms with Gasteiger partial charge in [0, 0.05) is 19.1 Å². The first-order valence-corrected chi connectivity index (χ1v) is 4.22. The fourth-order valence-corrected chi connectivity index (χ4v) is 1.38. The Morgan fingerprint density at radius 1 is 1.56 bits per heavy atom. The zero-order valence-electron chi connectivity index (χ0n) is 6.17. The van der Waals surface area contributed by atoms with Crippen LogP contribution in [0.4, 0.5) is 0 Å². The molecule has 54 valence electrons. The summed E-state index contributed by atoms with van der Waals surface area (Å²) < 4.78 is 0. The molecule has 9 heavy (non-hydrogen) atoms. The molecular weight excluding hydrogens is 130 g/mol. The molecular formula is C7H15NS. The van der Waals surface area contributed by atoms with Crippen LogP contribution in [0.1, 0.15) is 13.8 Å². The van der Waals surface area contributed by atoms with Crippen molar-refractivity contribution in [1.29, 1.82) is 0 Å². The van der Waals surface area contributed by atoms with Crippen molar-refractivity contribution in [3.8, 4) is 0 Å². The Morgan fingerprint density at radius 2 is 2.11 bits per heavy atom. The monoisotopic (exact) mass is 145 g/mol. The molecule has 1 heterocycles. The Balaban J connectivity index is 2.12. The highest BCUT2D eigenvalue weighted by molar-refractivity contribution is 7.80. The number of rotatable bonds is 2. The lowest BCUT2D eigenvalue weighted by molar-refractivity contribution is 0.0815. The highest BCUT2D eigenvalue weighted by Crippen LogP contribution is 2.18. The van der Waals surface area contributed by atoms with E-state index in [1.165, 1.54) is 13.1 Å². The Labute approximate surface area is 62.8 Å². The van der Waals surface area contributed by atoms with Gasteiger partial charge in [-0.2, -0.15) is 12.6 Å². The molecule has 0 aromatic heterocycles. The molecule has 0 aromatic carbocycles. The van der Waals surface area contributed by atoms with E-state index in [9.17, 15) is 0 Å². The quantitative estimate of drug-likeness (QED) is 0.572. The van der Waals surface area contributed by atoms with E-state index in [1.807, 2.05) is 0 Å². The third-order valence-electron chi connectivity index (χ3n) is 1.97. The molecule has 0 N–H and O–H groups in total. The highest BCUT2D eigenvalue weighted by atomic mass is 32.1. The van der Waals surface area contributed by atoms with Crippen LogP contribution < -0.4 is 0 Å². The summed E-state index contributed by atoms with van der Waals surface area (Å²) in [5, 5.41) is 0. The molecule has 0 bridgehead atoms. The second-order valence-electron chi connectivity index (χ2n) is 3.10. The van der Waals surface area contributed by atoms with Crippen LogP contribution in [0.25, 0.3) is 0 Å². The third kappa shape index (κ3) is 1.62. The van der Waals surface area contributed by atoms with Gasteiger partial charge in [0.2, 0.25) is 0 Å². The van der Waals surface area contributed by atoms with Crippen LogP contribution in [0.15, 0.2) is 0 Å². The van der Waals surface area contributed by atoms with E-state index < -0.39 is 0 Å². The van der Waals surface area contributed by atoms with Crippen molar-refractivity contribution in [2.24, 2.45) is 5.92 Å². The van der Waals surface area contributed by atoms with Gasteiger partial charge in [0.05, 0.1) is 0 Å². The molecule has 0 aromatic rings. The summed E-state index contributed by atoms with van der Waals surface area (Å²) in [6.07, 6.45) is 0. The SMILES string of the molecule is CC(C)N1CC(CS)C1. The van der Waals surface area contributed by atoms with Gasteiger partial charge in [-0.3, -0.25) is 0 Å². The van der Waals surface area contributed by atoms with Crippen LogP contribution in [0.2, 0.25) is 0 Å². The smallest absolute Gasteiger partial charge is 0.00388 e. The highest BCUT2D eigenvalue weighted by Gasteiger charge is 2.26. The van der Waals surface area contributed by atoms with E-state index in [1.54, 1.807) is 0 Å².